The Kier molecular flexibility index (Phi) is 11.4. The van der Waals surface area contributed by atoms with E-state index in [9.17, 15) is 18.0 Å². The van der Waals surface area contributed by atoms with E-state index in [4.69, 9.17) is 4.74 Å². The summed E-state index contributed by atoms with van der Waals surface area (Å²) < 4.78 is 31.5. The lowest BCUT2D eigenvalue weighted by Crippen LogP contribution is -2.49. The Labute approximate surface area is 222 Å². The molecule has 0 saturated carbocycles. The second-order valence-electron chi connectivity index (χ2n) is 9.71. The molecule has 2 amide bonds. The maximum atomic E-state index is 13.5. The minimum Gasteiger partial charge on any atom is -0.497 e. The summed E-state index contributed by atoms with van der Waals surface area (Å²) in [7, 11) is -1.93. The Morgan fingerprint density at radius 1 is 1.03 bits per heavy atom. The maximum Gasteiger partial charge on any atom is 0.242 e. The van der Waals surface area contributed by atoms with Crippen molar-refractivity contribution < 1.29 is 22.7 Å². The van der Waals surface area contributed by atoms with Gasteiger partial charge in [-0.2, -0.15) is 0 Å². The molecule has 9 heteroatoms. The number of benzene rings is 2. The lowest BCUT2D eigenvalue weighted by Gasteiger charge is -2.31. The van der Waals surface area contributed by atoms with Crippen LogP contribution in [-0.4, -0.2) is 57.6 Å². The lowest BCUT2D eigenvalue weighted by atomic mass is 10.1. The molecule has 2 rings (SSSR count). The van der Waals surface area contributed by atoms with E-state index >= 15 is 0 Å². The van der Waals surface area contributed by atoms with Gasteiger partial charge in [-0.25, -0.2) is 8.42 Å². The molecular formula is C28H41N3O5S. The zero-order chi connectivity index (χ0) is 27.6. The average Bonchev–Trinajstić information content (AvgIpc) is 2.85. The molecule has 0 saturated heterocycles. The fourth-order valence-corrected chi connectivity index (χ4v) is 4.95. The summed E-state index contributed by atoms with van der Waals surface area (Å²) in [5.74, 6) is 0.617. The standard InChI is InChI=1S/C28H41N3O5S/c1-7-26(28(33)29-19-21(2)3)30(20-23-12-16-25(36-5)17-13-23)27(32)9-8-18-31(37(6,34)35)24-14-10-22(4)11-15-24/h10-17,21,26H,7-9,18-20H2,1-6H3,(H,29,33). The molecule has 2 aromatic rings. The van der Waals surface area contributed by atoms with Gasteiger partial charge in [-0.05, 0) is 55.5 Å². The molecule has 1 N–H and O–H groups in total. The van der Waals surface area contributed by atoms with E-state index in [0.29, 0.717) is 30.8 Å². The first kappa shape index (κ1) is 30.2. The highest BCUT2D eigenvalue weighted by Crippen LogP contribution is 2.21. The molecule has 1 unspecified atom stereocenters. The van der Waals surface area contributed by atoms with Gasteiger partial charge in [-0.1, -0.05) is 50.6 Å². The molecule has 204 valence electrons. The van der Waals surface area contributed by atoms with Gasteiger partial charge in [0.25, 0.3) is 0 Å². The number of carbonyl (C=O) groups excluding carboxylic acids is 2. The van der Waals surface area contributed by atoms with Gasteiger partial charge in [0.1, 0.15) is 11.8 Å². The second-order valence-corrected chi connectivity index (χ2v) is 11.6. The topological polar surface area (TPSA) is 96.0 Å². The van der Waals surface area contributed by atoms with Crippen LogP contribution in [0.4, 0.5) is 5.69 Å². The van der Waals surface area contributed by atoms with Crippen LogP contribution < -0.4 is 14.4 Å². The minimum absolute atomic E-state index is 0.113. The number of rotatable bonds is 14. The molecule has 0 spiro atoms. The van der Waals surface area contributed by atoms with Gasteiger partial charge in [0, 0.05) is 26.1 Å². The van der Waals surface area contributed by atoms with E-state index in [1.54, 1.807) is 24.1 Å². The maximum absolute atomic E-state index is 13.5. The number of nitrogens with one attached hydrogen (secondary N) is 1. The number of nitrogens with zero attached hydrogens (tertiary/aromatic N) is 2. The number of amides is 2. The van der Waals surface area contributed by atoms with E-state index in [0.717, 1.165) is 17.4 Å². The third kappa shape index (κ3) is 9.39. The first-order valence-electron chi connectivity index (χ1n) is 12.7. The number of hydrogen-bond donors (Lipinski definition) is 1. The van der Waals surface area contributed by atoms with E-state index in [2.05, 4.69) is 5.32 Å². The number of anilines is 1. The van der Waals surface area contributed by atoms with Crippen molar-refractivity contribution >= 4 is 27.5 Å². The number of hydrogen-bond acceptors (Lipinski definition) is 5. The number of carbonyl (C=O) groups is 2. The summed E-state index contributed by atoms with van der Waals surface area (Å²) in [6.45, 7) is 8.82. The van der Waals surface area contributed by atoms with Crippen molar-refractivity contribution in [1.82, 2.24) is 10.2 Å². The van der Waals surface area contributed by atoms with Crippen molar-refractivity contribution in [3.63, 3.8) is 0 Å². The molecule has 0 radical (unpaired) electrons. The Hall–Kier alpha value is -3.07. The SMILES string of the molecule is CCC(C(=O)NCC(C)C)N(Cc1ccc(OC)cc1)C(=O)CCCN(c1ccc(C)cc1)S(C)(=O)=O. The molecular weight excluding hydrogens is 490 g/mol. The van der Waals surface area contributed by atoms with Crippen LogP contribution >= 0.6 is 0 Å². The highest BCUT2D eigenvalue weighted by Gasteiger charge is 2.29. The summed E-state index contributed by atoms with van der Waals surface area (Å²) >= 11 is 0. The van der Waals surface area contributed by atoms with E-state index in [1.165, 1.54) is 4.31 Å². The van der Waals surface area contributed by atoms with Gasteiger partial charge in [0.2, 0.25) is 21.8 Å². The quantitative estimate of drug-likeness (QED) is 0.396. The molecule has 0 aliphatic carbocycles. The van der Waals surface area contributed by atoms with Crippen LogP contribution in [0.15, 0.2) is 48.5 Å². The van der Waals surface area contributed by atoms with Crippen molar-refractivity contribution in [3.05, 3.63) is 59.7 Å². The summed E-state index contributed by atoms with van der Waals surface area (Å²) in [6, 6.07) is 14.0. The summed E-state index contributed by atoms with van der Waals surface area (Å²) in [5.41, 5.74) is 2.47. The summed E-state index contributed by atoms with van der Waals surface area (Å²) in [6.07, 6.45) is 2.06. The van der Waals surface area contributed by atoms with Crippen LogP contribution in [0, 0.1) is 12.8 Å². The third-order valence-electron chi connectivity index (χ3n) is 6.06. The normalized spacial score (nSPS) is 12.2. The Bertz CT molecular complexity index is 1120. The minimum atomic E-state index is -3.52. The molecule has 0 aliphatic rings. The van der Waals surface area contributed by atoms with E-state index < -0.39 is 16.1 Å². The molecule has 2 aromatic carbocycles. The van der Waals surface area contributed by atoms with Gasteiger partial charge in [0.05, 0.1) is 19.1 Å². The van der Waals surface area contributed by atoms with Crippen molar-refractivity contribution in [3.8, 4) is 5.75 Å². The van der Waals surface area contributed by atoms with Gasteiger partial charge in [-0.15, -0.1) is 0 Å². The van der Waals surface area contributed by atoms with E-state index in [-0.39, 0.29) is 37.2 Å². The lowest BCUT2D eigenvalue weighted by molar-refractivity contribution is -0.141. The molecule has 0 fully saturated rings. The van der Waals surface area contributed by atoms with Crippen molar-refractivity contribution in [2.24, 2.45) is 5.92 Å². The van der Waals surface area contributed by atoms with Gasteiger partial charge < -0.3 is 15.0 Å². The average molecular weight is 532 g/mol. The molecule has 0 aromatic heterocycles. The molecule has 1 atom stereocenters. The first-order valence-corrected chi connectivity index (χ1v) is 14.6. The number of sulfonamides is 1. The zero-order valence-electron chi connectivity index (χ0n) is 22.9. The number of methoxy groups -OCH3 is 1. The Morgan fingerprint density at radius 2 is 1.65 bits per heavy atom. The Morgan fingerprint density at radius 3 is 2.16 bits per heavy atom. The van der Waals surface area contributed by atoms with Gasteiger partial charge >= 0.3 is 0 Å². The van der Waals surface area contributed by atoms with Gasteiger partial charge in [-0.3, -0.25) is 13.9 Å². The fraction of sp³-hybridized carbons (Fsp3) is 0.500. The monoisotopic (exact) mass is 531 g/mol. The van der Waals surface area contributed by atoms with Crippen LogP contribution in [0.1, 0.15) is 51.2 Å². The predicted molar refractivity (Wildman–Crippen MR) is 148 cm³/mol. The molecule has 8 nitrogen and oxygen atoms in total. The summed E-state index contributed by atoms with van der Waals surface area (Å²) in [5, 5.41) is 2.95. The zero-order valence-corrected chi connectivity index (χ0v) is 23.7. The van der Waals surface area contributed by atoms with Crippen LogP contribution in [0.25, 0.3) is 0 Å². The van der Waals surface area contributed by atoms with Crippen LogP contribution in [0.3, 0.4) is 0 Å². The van der Waals surface area contributed by atoms with Crippen LogP contribution in [0.2, 0.25) is 0 Å². The van der Waals surface area contributed by atoms with Crippen molar-refractivity contribution in [2.75, 3.05) is 30.8 Å². The number of ether oxygens (including phenoxy) is 1. The van der Waals surface area contributed by atoms with Crippen molar-refractivity contribution in [1.29, 1.82) is 0 Å². The molecule has 37 heavy (non-hydrogen) atoms. The smallest absolute Gasteiger partial charge is 0.242 e. The number of aryl methyl sites for hydroxylation is 1. The molecule has 0 heterocycles. The third-order valence-corrected chi connectivity index (χ3v) is 7.25. The van der Waals surface area contributed by atoms with Gasteiger partial charge in [0.15, 0.2) is 0 Å². The second kappa shape index (κ2) is 14.0. The largest absolute Gasteiger partial charge is 0.497 e. The fourth-order valence-electron chi connectivity index (χ4n) is 3.98. The van der Waals surface area contributed by atoms with Crippen molar-refractivity contribution in [2.45, 2.75) is 59.5 Å². The van der Waals surface area contributed by atoms with Crippen LogP contribution in [0.5, 0.6) is 5.75 Å². The molecule has 0 bridgehead atoms. The molecule has 0 aliphatic heterocycles. The Balaban J connectivity index is 2.20. The van der Waals surface area contributed by atoms with Crippen LogP contribution in [-0.2, 0) is 26.2 Å². The first-order chi connectivity index (χ1) is 17.5. The van der Waals surface area contributed by atoms with E-state index in [1.807, 2.05) is 64.1 Å². The summed E-state index contributed by atoms with van der Waals surface area (Å²) in [4.78, 5) is 28.1. The predicted octanol–water partition coefficient (Wildman–Crippen LogP) is 4.13. The highest BCUT2D eigenvalue weighted by molar-refractivity contribution is 7.92. The highest BCUT2D eigenvalue weighted by atomic mass is 32.2.